The third-order valence-corrected chi connectivity index (χ3v) is 8.06. The van der Waals surface area contributed by atoms with Crippen molar-refractivity contribution in [2.45, 2.75) is 96.7 Å². The van der Waals surface area contributed by atoms with Gasteiger partial charge in [0.15, 0.2) is 5.79 Å². The summed E-state index contributed by atoms with van der Waals surface area (Å²) >= 11 is 6.62. The van der Waals surface area contributed by atoms with Crippen LogP contribution in [0, 0.1) is 17.3 Å². The highest BCUT2D eigenvalue weighted by atomic mass is 35.5. The molecular formula is C27H38ClNO6. The number of pyridine rings is 1. The Morgan fingerprint density at radius 1 is 1.17 bits per heavy atom. The lowest BCUT2D eigenvalue weighted by Crippen LogP contribution is -2.49. The van der Waals surface area contributed by atoms with Gasteiger partial charge in [-0.25, -0.2) is 0 Å². The Morgan fingerprint density at radius 2 is 1.89 bits per heavy atom. The van der Waals surface area contributed by atoms with E-state index in [1.807, 2.05) is 25.1 Å². The van der Waals surface area contributed by atoms with E-state index in [1.54, 1.807) is 40.0 Å². The average molecular weight is 508 g/mol. The van der Waals surface area contributed by atoms with E-state index in [-0.39, 0.29) is 24.7 Å². The number of fused-ring (bicyclic) bond motifs is 1. The normalized spacial score (nSPS) is 34.6. The highest BCUT2D eigenvalue weighted by molar-refractivity contribution is 6.32. The first-order valence-electron chi connectivity index (χ1n) is 12.4. The maximum atomic E-state index is 13.2. The molecule has 35 heavy (non-hydrogen) atoms. The zero-order chi connectivity index (χ0) is 26.0. The summed E-state index contributed by atoms with van der Waals surface area (Å²) in [6.07, 6.45) is 5.08. The highest BCUT2D eigenvalue weighted by Gasteiger charge is 2.53. The number of hydrogen-bond donors (Lipinski definition) is 2. The van der Waals surface area contributed by atoms with Crippen LogP contribution in [-0.2, 0) is 19.1 Å². The van der Waals surface area contributed by atoms with Crippen LogP contribution in [0.3, 0.4) is 0 Å². The summed E-state index contributed by atoms with van der Waals surface area (Å²) in [7, 11) is 0. The molecule has 3 rings (SSSR count). The van der Waals surface area contributed by atoms with Crippen LogP contribution < -0.4 is 0 Å². The molecule has 1 aromatic rings. The van der Waals surface area contributed by atoms with Crippen molar-refractivity contribution >= 4 is 29.4 Å². The molecule has 0 aromatic carbocycles. The summed E-state index contributed by atoms with van der Waals surface area (Å²) in [6.45, 7) is 8.74. The standard InChI is InChI=1S/C27H38ClNO6/c1-17-9-8-12-26(5)22(35-26)16-21(20(28)15-19-10-6-7-14-29-19)34-23(30)11-13-25(3,4)24(31)18(2)27(17,32)33/h6-7,10,14-15,17-18,21-22,32-33H,8-9,11-13,16H2,1-5H3/b20-15-. The molecule has 2 N–H and O–H groups in total. The van der Waals surface area contributed by atoms with Crippen molar-refractivity contribution in [1.29, 1.82) is 0 Å². The summed E-state index contributed by atoms with van der Waals surface area (Å²) in [5, 5.41) is 22.0. The Bertz CT molecular complexity index is 946. The van der Waals surface area contributed by atoms with Crippen LogP contribution in [-0.4, -0.2) is 50.5 Å². The third-order valence-electron chi connectivity index (χ3n) is 7.71. The maximum Gasteiger partial charge on any atom is 0.306 e. The summed E-state index contributed by atoms with van der Waals surface area (Å²) < 4.78 is 11.8. The van der Waals surface area contributed by atoms with E-state index in [9.17, 15) is 19.8 Å². The number of ether oxygens (including phenoxy) is 2. The number of aliphatic hydroxyl groups is 2. The van der Waals surface area contributed by atoms with Crippen molar-refractivity contribution in [1.82, 2.24) is 4.98 Å². The van der Waals surface area contributed by atoms with E-state index >= 15 is 0 Å². The zero-order valence-corrected chi connectivity index (χ0v) is 22.0. The van der Waals surface area contributed by atoms with Crippen molar-refractivity contribution in [3.63, 3.8) is 0 Å². The molecule has 0 bridgehead atoms. The molecule has 0 radical (unpaired) electrons. The number of nitrogens with zero attached hydrogens (tertiary/aromatic N) is 1. The SMILES string of the molecule is CC1CCCC2(C)OC2CC(/C(Cl)=C/c2ccccn2)OC(=O)CCC(C)(C)C(=O)C(C)C1(O)O. The second-order valence-electron chi connectivity index (χ2n) is 11.0. The molecular weight excluding hydrogens is 470 g/mol. The fourth-order valence-corrected chi connectivity index (χ4v) is 5.09. The van der Waals surface area contributed by atoms with Crippen molar-refractivity contribution in [3.8, 4) is 0 Å². The molecule has 7 nitrogen and oxygen atoms in total. The van der Waals surface area contributed by atoms with Crippen molar-refractivity contribution < 1.29 is 29.3 Å². The lowest BCUT2D eigenvalue weighted by molar-refractivity contribution is -0.230. The van der Waals surface area contributed by atoms with Gasteiger partial charge in [-0.05, 0) is 44.4 Å². The molecule has 5 atom stereocenters. The Morgan fingerprint density at radius 3 is 2.54 bits per heavy atom. The minimum atomic E-state index is -2.13. The van der Waals surface area contributed by atoms with Crippen LogP contribution in [0.25, 0.3) is 6.08 Å². The summed E-state index contributed by atoms with van der Waals surface area (Å²) in [5.41, 5.74) is -0.681. The molecule has 194 valence electrons. The Labute approximate surface area is 212 Å². The van der Waals surface area contributed by atoms with Gasteiger partial charge in [0, 0.05) is 30.4 Å². The molecule has 0 saturated carbocycles. The monoisotopic (exact) mass is 507 g/mol. The number of esters is 1. The molecule has 2 fully saturated rings. The van der Waals surface area contributed by atoms with Crippen LogP contribution >= 0.6 is 11.6 Å². The lowest BCUT2D eigenvalue weighted by Gasteiger charge is -2.37. The first-order chi connectivity index (χ1) is 16.3. The van der Waals surface area contributed by atoms with Gasteiger partial charge in [-0.3, -0.25) is 14.6 Å². The third kappa shape index (κ3) is 6.70. The van der Waals surface area contributed by atoms with Gasteiger partial charge in [0.2, 0.25) is 0 Å². The van der Waals surface area contributed by atoms with Gasteiger partial charge in [-0.15, -0.1) is 0 Å². The molecule has 0 amide bonds. The number of carbonyl (C=O) groups excluding carboxylic acids is 2. The topological polar surface area (TPSA) is 109 Å². The fourth-order valence-electron chi connectivity index (χ4n) is 4.85. The van der Waals surface area contributed by atoms with Crippen LogP contribution in [0.15, 0.2) is 29.4 Å². The molecule has 0 spiro atoms. The lowest BCUT2D eigenvalue weighted by atomic mass is 9.73. The fraction of sp³-hybridized carbons (Fsp3) is 0.667. The number of epoxide rings is 1. The second-order valence-corrected chi connectivity index (χ2v) is 11.4. The first-order valence-corrected chi connectivity index (χ1v) is 12.8. The summed E-state index contributed by atoms with van der Waals surface area (Å²) in [5.74, 6) is -4.40. The van der Waals surface area contributed by atoms with Gasteiger partial charge < -0.3 is 19.7 Å². The average Bonchev–Trinajstić information content (AvgIpc) is 3.44. The molecule has 0 aliphatic carbocycles. The van der Waals surface area contributed by atoms with E-state index in [2.05, 4.69) is 4.98 Å². The minimum absolute atomic E-state index is 0.00207. The van der Waals surface area contributed by atoms with E-state index < -0.39 is 40.7 Å². The smallest absolute Gasteiger partial charge is 0.306 e. The number of carbonyl (C=O) groups is 2. The number of aromatic nitrogens is 1. The number of Topliss-reactive ketones (excluding diaryl/α,β-unsaturated/α-hetero) is 1. The number of hydrogen-bond acceptors (Lipinski definition) is 7. The largest absolute Gasteiger partial charge is 0.456 e. The number of cyclic esters (lactones) is 1. The van der Waals surface area contributed by atoms with E-state index in [4.69, 9.17) is 21.1 Å². The van der Waals surface area contributed by atoms with Crippen LogP contribution in [0.1, 0.15) is 78.8 Å². The van der Waals surface area contributed by atoms with Crippen LogP contribution in [0.2, 0.25) is 0 Å². The van der Waals surface area contributed by atoms with E-state index in [1.165, 1.54) is 0 Å². The van der Waals surface area contributed by atoms with Gasteiger partial charge in [0.1, 0.15) is 11.9 Å². The molecule has 8 heteroatoms. The van der Waals surface area contributed by atoms with E-state index in [0.29, 0.717) is 36.4 Å². The van der Waals surface area contributed by atoms with Gasteiger partial charge in [0.25, 0.3) is 0 Å². The van der Waals surface area contributed by atoms with Crippen molar-refractivity contribution in [3.05, 3.63) is 35.1 Å². The molecule has 2 aliphatic heterocycles. The van der Waals surface area contributed by atoms with Gasteiger partial charge in [-0.1, -0.05) is 51.8 Å². The molecule has 3 heterocycles. The molecule has 2 aliphatic rings. The Hall–Kier alpha value is -1.80. The van der Waals surface area contributed by atoms with Gasteiger partial charge >= 0.3 is 5.97 Å². The predicted molar refractivity (Wildman–Crippen MR) is 133 cm³/mol. The second kappa shape index (κ2) is 10.7. The maximum absolute atomic E-state index is 13.2. The van der Waals surface area contributed by atoms with Gasteiger partial charge in [-0.2, -0.15) is 0 Å². The van der Waals surface area contributed by atoms with Crippen LogP contribution in [0.5, 0.6) is 0 Å². The number of ketones is 1. The molecule has 2 saturated heterocycles. The number of rotatable bonds is 2. The molecule has 5 unspecified atom stereocenters. The van der Waals surface area contributed by atoms with Crippen molar-refractivity contribution in [2.24, 2.45) is 17.3 Å². The van der Waals surface area contributed by atoms with Crippen molar-refractivity contribution in [2.75, 3.05) is 0 Å². The predicted octanol–water partition coefficient (Wildman–Crippen LogP) is 4.63. The summed E-state index contributed by atoms with van der Waals surface area (Å²) in [6, 6.07) is 5.48. The zero-order valence-electron chi connectivity index (χ0n) is 21.3. The Kier molecular flexibility index (Phi) is 8.47. The highest BCUT2D eigenvalue weighted by Crippen LogP contribution is 2.45. The Balaban J connectivity index is 1.84. The minimum Gasteiger partial charge on any atom is -0.456 e. The quantitative estimate of drug-likeness (QED) is 0.341. The van der Waals surface area contributed by atoms with Crippen LogP contribution in [0.4, 0.5) is 0 Å². The number of halogens is 1. The molecule has 1 aromatic heterocycles. The first kappa shape index (κ1) is 27.8. The van der Waals surface area contributed by atoms with Gasteiger partial charge in [0.05, 0.1) is 28.3 Å². The summed E-state index contributed by atoms with van der Waals surface area (Å²) in [4.78, 5) is 30.3. The van der Waals surface area contributed by atoms with E-state index in [0.717, 1.165) is 0 Å².